The maximum Gasteiger partial charge on any atom is 6.00 e. The van der Waals surface area contributed by atoms with Gasteiger partial charge in [0.25, 0.3) is 0 Å². The Morgan fingerprint density at radius 2 is 0.903 bits per heavy atom. The summed E-state index contributed by atoms with van der Waals surface area (Å²) in [4.78, 5) is 15.5. The molecule has 0 aliphatic heterocycles. The maximum absolute atomic E-state index is 7.75. The van der Waals surface area contributed by atoms with Crippen molar-refractivity contribution in [3.63, 3.8) is 0 Å². The van der Waals surface area contributed by atoms with Gasteiger partial charge in [-0.05, 0) is 0 Å². The third kappa shape index (κ3) is 34.6. The minimum Gasteiger partial charge on any atom is -0.678 e. The average Bonchev–Trinajstić information content (AvgIpc) is 2.79. The molecule has 0 saturated carbocycles. The van der Waals surface area contributed by atoms with E-state index >= 15 is 0 Å². The fourth-order valence-corrected chi connectivity index (χ4v) is 2.42. The molecule has 0 N–H and O–H groups in total. The van der Waals surface area contributed by atoms with Gasteiger partial charge in [-0.15, -0.1) is 12.1 Å². The van der Waals surface area contributed by atoms with Crippen molar-refractivity contribution in [2.45, 2.75) is 131 Å². The molecule has 7 heteroatoms. The van der Waals surface area contributed by atoms with Gasteiger partial charge in [0, 0.05) is 0 Å². The first-order chi connectivity index (χ1) is 14.5. The Balaban J connectivity index is -0.000000122. The number of unbranched alkanes of at least 4 members (excludes halogenated alkanes) is 2. The van der Waals surface area contributed by atoms with E-state index in [4.69, 9.17) is 9.59 Å². The third-order valence-corrected chi connectivity index (χ3v) is 4.45. The Labute approximate surface area is 208 Å². The second kappa shape index (κ2) is 37.1. The molecule has 31 heavy (non-hydrogen) atoms. The van der Waals surface area contributed by atoms with Crippen LogP contribution in [0.3, 0.4) is 0 Å². The molecule has 0 bridgehead atoms. The van der Waals surface area contributed by atoms with Crippen LogP contribution in [-0.4, -0.2) is 51.1 Å². The monoisotopic (exact) mass is 528 g/mol. The van der Waals surface area contributed by atoms with Crippen molar-refractivity contribution < 1.29 is 29.1 Å². The number of rotatable bonds is 16. The molecule has 0 heterocycles. The van der Waals surface area contributed by atoms with Crippen LogP contribution in [0.25, 0.3) is 21.3 Å². The Morgan fingerprint density at radius 1 is 0.613 bits per heavy atom. The van der Waals surface area contributed by atoms with Crippen molar-refractivity contribution in [2.75, 3.05) is 13.1 Å². The van der Waals surface area contributed by atoms with Crippen molar-refractivity contribution in [3.05, 3.63) is 21.3 Å². The van der Waals surface area contributed by atoms with Gasteiger partial charge in [0.15, 0.2) is 0 Å². The SMILES string of the molecule is CCCCC([N-]CC)[N-]C(C)CC.CCCCC([N-]CC)[N-]C(C)CC.[CH-]=O.[CH-]=O.[Ru+6]. The fraction of sp³-hybridized carbons (Fsp3) is 0.917. The molecule has 0 rings (SSSR count). The summed E-state index contributed by atoms with van der Waals surface area (Å²) >= 11 is 0. The summed E-state index contributed by atoms with van der Waals surface area (Å²) in [6.45, 7) is 25.6. The normalized spacial score (nSPS) is 13.4. The van der Waals surface area contributed by atoms with Crippen LogP contribution >= 0.6 is 0 Å². The van der Waals surface area contributed by atoms with Crippen molar-refractivity contribution >= 4 is 13.6 Å². The van der Waals surface area contributed by atoms with Crippen molar-refractivity contribution in [2.24, 2.45) is 0 Å². The molecule has 4 atom stereocenters. The number of nitrogens with zero attached hydrogens (tertiary/aromatic N) is 4. The first kappa shape index (κ1) is 41.1. The van der Waals surface area contributed by atoms with Gasteiger partial charge < -0.3 is 30.9 Å². The Morgan fingerprint density at radius 3 is 1.10 bits per heavy atom. The fourth-order valence-electron chi connectivity index (χ4n) is 2.42. The summed E-state index contributed by atoms with van der Waals surface area (Å²) in [5.41, 5.74) is 0. The van der Waals surface area contributed by atoms with Crippen LogP contribution in [0.5, 0.6) is 0 Å². The quantitative estimate of drug-likeness (QED) is 0.118. The zero-order valence-electron chi connectivity index (χ0n) is 21.5. The van der Waals surface area contributed by atoms with E-state index in [0.717, 1.165) is 38.8 Å². The predicted octanol–water partition coefficient (Wildman–Crippen LogP) is 7.59. The van der Waals surface area contributed by atoms with Gasteiger partial charge >= 0.3 is 19.5 Å². The molecule has 6 nitrogen and oxygen atoms in total. The largest absolute Gasteiger partial charge is 6.00 e. The van der Waals surface area contributed by atoms with E-state index in [0.29, 0.717) is 12.1 Å². The first-order valence-electron chi connectivity index (χ1n) is 11.7. The number of carbonyl (C=O) groups excluding carboxylic acids is 2. The molecule has 0 saturated heterocycles. The Hall–Kier alpha value is -0.197. The topological polar surface area (TPSA) is 90.5 Å². The summed E-state index contributed by atoms with van der Waals surface area (Å²) in [5, 5.41) is 18.3. The van der Waals surface area contributed by atoms with Crippen molar-refractivity contribution in [1.29, 1.82) is 0 Å². The van der Waals surface area contributed by atoms with E-state index in [1.54, 1.807) is 0 Å². The maximum atomic E-state index is 7.75. The number of hydrogen-bond acceptors (Lipinski definition) is 2. The van der Waals surface area contributed by atoms with Gasteiger partial charge in [-0.1, -0.05) is 107 Å². The van der Waals surface area contributed by atoms with Crippen LogP contribution in [0.4, 0.5) is 0 Å². The molecular formula is C24H50N4O2Ru. The van der Waals surface area contributed by atoms with Gasteiger partial charge in [-0.25, -0.2) is 12.3 Å². The predicted molar refractivity (Wildman–Crippen MR) is 134 cm³/mol. The first-order valence-corrected chi connectivity index (χ1v) is 11.7. The van der Waals surface area contributed by atoms with Crippen molar-refractivity contribution in [1.82, 2.24) is 0 Å². The van der Waals surface area contributed by atoms with Gasteiger partial charge in [0.05, 0.1) is 0 Å². The van der Waals surface area contributed by atoms with E-state index < -0.39 is 0 Å². The minimum atomic E-state index is 0. The molecular weight excluding hydrogens is 477 g/mol. The van der Waals surface area contributed by atoms with Gasteiger partial charge in [-0.3, -0.25) is 13.6 Å². The van der Waals surface area contributed by atoms with E-state index in [1.807, 2.05) is 0 Å². The summed E-state index contributed by atoms with van der Waals surface area (Å²) in [7, 11) is 0. The van der Waals surface area contributed by atoms with E-state index in [9.17, 15) is 0 Å². The molecule has 0 aromatic rings. The zero-order chi connectivity index (χ0) is 24.2. The van der Waals surface area contributed by atoms with Crippen molar-refractivity contribution in [3.8, 4) is 0 Å². The molecule has 0 aromatic carbocycles. The summed E-state index contributed by atoms with van der Waals surface area (Å²) in [6, 6.07) is 0.939. The van der Waals surface area contributed by atoms with E-state index in [2.05, 4.69) is 90.2 Å². The van der Waals surface area contributed by atoms with Crippen LogP contribution in [0.15, 0.2) is 0 Å². The van der Waals surface area contributed by atoms with Crippen LogP contribution in [0.2, 0.25) is 0 Å². The molecule has 0 spiro atoms. The Bertz CT molecular complexity index is 275. The second-order valence-electron chi connectivity index (χ2n) is 7.06. The standard InChI is InChI=1S/2C11H24N2.2CHO.Ru/c2*1-5-8-9-11(12-7-3)13-10(4)6-2;2*1-2;/h2*10-11H,5-9H2,1-4H3;2*1H;/q2*-2;2*-1;+6. The molecule has 0 aliphatic carbocycles. The summed E-state index contributed by atoms with van der Waals surface area (Å²) in [6.07, 6.45) is 10.0. The van der Waals surface area contributed by atoms with Crippen LogP contribution < -0.4 is 0 Å². The Kier molecular flexibility index (Phi) is 49.2. The summed E-state index contributed by atoms with van der Waals surface area (Å²) in [5.74, 6) is 0. The smallest absolute Gasteiger partial charge is 0.678 e. The van der Waals surface area contributed by atoms with Gasteiger partial charge in [-0.2, -0.15) is 13.1 Å². The molecule has 0 fully saturated rings. The third-order valence-electron chi connectivity index (χ3n) is 4.45. The molecule has 0 aromatic heterocycles. The van der Waals surface area contributed by atoms with Crippen LogP contribution in [-0.2, 0) is 29.1 Å². The van der Waals surface area contributed by atoms with Gasteiger partial charge in [0.1, 0.15) is 0 Å². The van der Waals surface area contributed by atoms with E-state index in [-0.39, 0.29) is 31.8 Å². The molecule has 4 unspecified atom stereocenters. The zero-order valence-corrected chi connectivity index (χ0v) is 23.2. The molecule has 0 aliphatic rings. The molecule has 186 valence electrons. The minimum absolute atomic E-state index is 0. The van der Waals surface area contributed by atoms with Crippen LogP contribution in [0, 0.1) is 0 Å². The second-order valence-corrected chi connectivity index (χ2v) is 7.06. The van der Waals surface area contributed by atoms with Gasteiger partial charge in [0.2, 0.25) is 0 Å². The molecule has 0 amide bonds. The van der Waals surface area contributed by atoms with E-state index in [1.165, 1.54) is 25.7 Å². The number of hydrogen-bond donors (Lipinski definition) is 0. The average molecular weight is 528 g/mol. The van der Waals surface area contributed by atoms with Crippen LogP contribution in [0.1, 0.15) is 107 Å². The molecule has 0 radical (unpaired) electrons. The summed E-state index contributed by atoms with van der Waals surface area (Å²) < 4.78 is 0.